The van der Waals surface area contributed by atoms with Crippen LogP contribution in [0.5, 0.6) is 0 Å². The fourth-order valence-electron chi connectivity index (χ4n) is 4.01. The number of Topliss-reactive ketones (excluding diaryl/α,β-unsaturated/α-hetero) is 1. The van der Waals surface area contributed by atoms with Crippen LogP contribution in [-0.4, -0.2) is 29.8 Å². The Morgan fingerprint density at radius 2 is 1.52 bits per heavy atom. The molecule has 2 aromatic heterocycles. The smallest absolute Gasteiger partial charge is 0.311 e. The van der Waals surface area contributed by atoms with Crippen LogP contribution in [-0.2, 0) is 31.5 Å². The number of carbonyl (C=O) groups is 1. The van der Waals surface area contributed by atoms with Gasteiger partial charge in [-0.15, -0.1) is 0 Å². The number of benzene rings is 2. The first kappa shape index (κ1) is 22.4. The van der Waals surface area contributed by atoms with Gasteiger partial charge in [0, 0.05) is 20.1 Å². The lowest BCUT2D eigenvalue weighted by Crippen LogP contribution is -2.30. The molecule has 0 aliphatic rings. The van der Waals surface area contributed by atoms with E-state index in [0.717, 1.165) is 11.1 Å². The molecule has 8 nitrogen and oxygen atoms in total. The number of fused-ring (bicyclic) bond motifs is 1. The summed E-state index contributed by atoms with van der Waals surface area (Å²) in [6, 6.07) is 19.6. The number of aromatic amines is 1. The lowest BCUT2D eigenvalue weighted by atomic mass is 10.1. The first-order valence-electron chi connectivity index (χ1n) is 10.9. The second-order valence-corrected chi connectivity index (χ2v) is 8.29. The lowest BCUT2D eigenvalue weighted by molar-refractivity contribution is -0.119. The van der Waals surface area contributed by atoms with Gasteiger partial charge in [0.05, 0.1) is 12.6 Å². The van der Waals surface area contributed by atoms with Crippen LogP contribution in [0.1, 0.15) is 36.8 Å². The van der Waals surface area contributed by atoms with Crippen LogP contribution >= 0.6 is 0 Å². The molecule has 0 amide bonds. The summed E-state index contributed by atoms with van der Waals surface area (Å²) < 4.78 is 2.97. The molecule has 2 aromatic carbocycles. The summed E-state index contributed by atoms with van der Waals surface area (Å²) in [7, 11) is 1.56. The second-order valence-electron chi connectivity index (χ2n) is 8.29. The van der Waals surface area contributed by atoms with E-state index in [0.29, 0.717) is 25.5 Å². The van der Waals surface area contributed by atoms with Crippen molar-refractivity contribution < 1.29 is 4.79 Å². The number of rotatable bonds is 8. The summed E-state index contributed by atoms with van der Waals surface area (Å²) in [6.07, 6.45) is 0. The summed E-state index contributed by atoms with van der Waals surface area (Å²) in [6.45, 7) is 4.94. The van der Waals surface area contributed by atoms with Gasteiger partial charge in [-0.1, -0.05) is 60.7 Å². The molecule has 0 fully saturated rings. The number of hydrogen-bond donors (Lipinski definition) is 1. The molecule has 2 heterocycles. The summed E-state index contributed by atoms with van der Waals surface area (Å²) in [5, 5.41) is 0. The first-order chi connectivity index (χ1) is 15.8. The van der Waals surface area contributed by atoms with Crippen molar-refractivity contribution in [3.05, 3.63) is 98.5 Å². The van der Waals surface area contributed by atoms with Crippen molar-refractivity contribution in [2.45, 2.75) is 39.5 Å². The van der Waals surface area contributed by atoms with Crippen molar-refractivity contribution in [3.63, 3.8) is 0 Å². The highest BCUT2D eigenvalue weighted by Gasteiger charge is 2.24. The number of carbonyl (C=O) groups excluding carboxylic acids is 1. The lowest BCUT2D eigenvalue weighted by Gasteiger charge is -2.24. The first-order valence-corrected chi connectivity index (χ1v) is 10.9. The molecule has 1 N–H and O–H groups in total. The van der Waals surface area contributed by atoms with Gasteiger partial charge in [0.1, 0.15) is 5.82 Å². The molecule has 8 heteroatoms. The molecule has 0 bridgehead atoms. The number of aryl methyl sites for hydroxylation is 1. The zero-order chi connectivity index (χ0) is 23.5. The van der Waals surface area contributed by atoms with Crippen LogP contribution in [0.4, 0.5) is 0 Å². The minimum absolute atomic E-state index is 0.0959. The predicted octanol–water partition coefficient (Wildman–Crippen LogP) is 2.78. The standard InChI is InChI=1S/C25H27N5O3/c1-17(18(2)31)30-21(26-23-22(30)24(32)27-25(33)28(23)3)16-29(14-19-10-6-4-7-11-19)15-20-12-8-5-9-13-20/h4-13,17H,14-16H2,1-3H3,(H,27,32,33)/t17-/m0/s1. The van der Waals surface area contributed by atoms with E-state index in [4.69, 9.17) is 0 Å². The topological polar surface area (TPSA) is 93.0 Å². The van der Waals surface area contributed by atoms with Gasteiger partial charge in [0.25, 0.3) is 5.56 Å². The van der Waals surface area contributed by atoms with Crippen LogP contribution in [0.15, 0.2) is 70.3 Å². The fourth-order valence-corrected chi connectivity index (χ4v) is 4.01. The number of imidazole rings is 1. The Morgan fingerprint density at radius 3 is 2.03 bits per heavy atom. The third-order valence-electron chi connectivity index (χ3n) is 5.86. The van der Waals surface area contributed by atoms with E-state index < -0.39 is 17.3 Å². The molecule has 33 heavy (non-hydrogen) atoms. The molecular weight excluding hydrogens is 418 g/mol. The summed E-state index contributed by atoms with van der Waals surface area (Å²) in [5.41, 5.74) is 1.70. The fraction of sp³-hybridized carbons (Fsp3) is 0.280. The molecule has 0 aliphatic carbocycles. The maximum absolute atomic E-state index is 12.7. The number of aromatic nitrogens is 4. The van der Waals surface area contributed by atoms with Crippen molar-refractivity contribution in [3.8, 4) is 0 Å². The molecule has 0 radical (unpaired) electrons. The maximum Gasteiger partial charge on any atom is 0.329 e. The molecule has 0 spiro atoms. The van der Waals surface area contributed by atoms with Gasteiger partial charge in [0.15, 0.2) is 16.9 Å². The van der Waals surface area contributed by atoms with E-state index in [1.165, 1.54) is 11.5 Å². The highest BCUT2D eigenvalue weighted by atomic mass is 16.2. The minimum atomic E-state index is -0.598. The third kappa shape index (κ3) is 4.70. The second kappa shape index (κ2) is 9.38. The SMILES string of the molecule is CC(=O)[C@H](C)n1c(CN(Cc2ccccc2)Cc2ccccc2)nc2c1c(=O)[nH]c(=O)n2C. The maximum atomic E-state index is 12.7. The number of nitrogens with one attached hydrogen (secondary N) is 1. The van der Waals surface area contributed by atoms with Crippen molar-refractivity contribution in [2.24, 2.45) is 7.05 Å². The quantitative estimate of drug-likeness (QED) is 0.450. The van der Waals surface area contributed by atoms with E-state index in [-0.39, 0.29) is 16.9 Å². The average Bonchev–Trinajstić information content (AvgIpc) is 3.18. The Hall–Kier alpha value is -3.78. The zero-order valence-corrected chi connectivity index (χ0v) is 19.0. The zero-order valence-electron chi connectivity index (χ0n) is 19.0. The van der Waals surface area contributed by atoms with Crippen LogP contribution in [0, 0.1) is 0 Å². The third-order valence-corrected chi connectivity index (χ3v) is 5.86. The number of nitrogens with zero attached hydrogens (tertiary/aromatic N) is 4. The summed E-state index contributed by atoms with van der Waals surface area (Å²) >= 11 is 0. The van der Waals surface area contributed by atoms with Crippen molar-refractivity contribution in [1.82, 2.24) is 24.0 Å². The normalized spacial score (nSPS) is 12.4. The molecular formula is C25H27N5O3. The molecule has 0 saturated carbocycles. The molecule has 4 rings (SSSR count). The van der Waals surface area contributed by atoms with Crippen molar-refractivity contribution in [2.75, 3.05) is 0 Å². The Labute approximate surface area is 191 Å². The van der Waals surface area contributed by atoms with E-state index in [1.54, 1.807) is 18.5 Å². The van der Waals surface area contributed by atoms with Crippen molar-refractivity contribution in [1.29, 1.82) is 0 Å². The average molecular weight is 446 g/mol. The molecule has 0 saturated heterocycles. The van der Waals surface area contributed by atoms with Gasteiger partial charge in [-0.2, -0.15) is 0 Å². The number of hydrogen-bond acceptors (Lipinski definition) is 5. The molecule has 0 unspecified atom stereocenters. The Bertz CT molecular complexity index is 1350. The Kier molecular flexibility index (Phi) is 6.37. The van der Waals surface area contributed by atoms with E-state index in [1.807, 2.05) is 36.4 Å². The number of H-pyrrole nitrogens is 1. The van der Waals surface area contributed by atoms with Crippen molar-refractivity contribution >= 4 is 16.9 Å². The Morgan fingerprint density at radius 1 is 0.970 bits per heavy atom. The van der Waals surface area contributed by atoms with Crippen LogP contribution in [0.3, 0.4) is 0 Å². The van der Waals surface area contributed by atoms with Crippen LogP contribution < -0.4 is 11.2 Å². The molecule has 4 aromatic rings. The van der Waals surface area contributed by atoms with Gasteiger partial charge < -0.3 is 4.57 Å². The van der Waals surface area contributed by atoms with Gasteiger partial charge in [-0.25, -0.2) is 9.78 Å². The summed E-state index contributed by atoms with van der Waals surface area (Å²) in [4.78, 5) is 46.4. The summed E-state index contributed by atoms with van der Waals surface area (Å²) in [5.74, 6) is 0.465. The van der Waals surface area contributed by atoms with Crippen LogP contribution in [0.25, 0.3) is 11.2 Å². The van der Waals surface area contributed by atoms with Crippen LogP contribution in [0.2, 0.25) is 0 Å². The highest BCUT2D eigenvalue weighted by molar-refractivity contribution is 5.82. The predicted molar refractivity (Wildman–Crippen MR) is 127 cm³/mol. The van der Waals surface area contributed by atoms with Gasteiger partial charge in [0.2, 0.25) is 0 Å². The molecule has 170 valence electrons. The monoisotopic (exact) mass is 445 g/mol. The molecule has 1 atom stereocenters. The largest absolute Gasteiger partial charge is 0.329 e. The van der Waals surface area contributed by atoms with Gasteiger partial charge in [-0.05, 0) is 25.0 Å². The Balaban J connectivity index is 1.82. The minimum Gasteiger partial charge on any atom is -0.311 e. The van der Waals surface area contributed by atoms with Gasteiger partial charge >= 0.3 is 5.69 Å². The van der Waals surface area contributed by atoms with E-state index in [9.17, 15) is 14.4 Å². The number of ketones is 1. The molecule has 0 aliphatic heterocycles. The van der Waals surface area contributed by atoms with E-state index in [2.05, 4.69) is 39.1 Å². The van der Waals surface area contributed by atoms with Gasteiger partial charge in [-0.3, -0.25) is 24.0 Å². The van der Waals surface area contributed by atoms with E-state index >= 15 is 0 Å². The highest BCUT2D eigenvalue weighted by Crippen LogP contribution is 2.21.